The Morgan fingerprint density at radius 3 is 2.56 bits per heavy atom. The fraction of sp³-hybridized carbons (Fsp3) is 0.348. The Bertz CT molecular complexity index is 1070. The predicted molar refractivity (Wildman–Crippen MR) is 113 cm³/mol. The second-order valence-electron chi connectivity index (χ2n) is 8.00. The number of hydrogen-bond acceptors (Lipinski definition) is 5. The van der Waals surface area contributed by atoms with E-state index < -0.39 is 11.7 Å². The van der Waals surface area contributed by atoms with Gasteiger partial charge in [0.05, 0.1) is 12.1 Å². The van der Waals surface area contributed by atoms with E-state index in [1.54, 1.807) is 0 Å². The fourth-order valence-corrected chi connectivity index (χ4v) is 3.70. The van der Waals surface area contributed by atoms with Crippen LogP contribution in [0.1, 0.15) is 29.9 Å². The zero-order valence-corrected chi connectivity index (χ0v) is 17.5. The van der Waals surface area contributed by atoms with Crippen molar-refractivity contribution in [2.75, 3.05) is 18.4 Å². The van der Waals surface area contributed by atoms with E-state index in [9.17, 15) is 18.0 Å². The summed E-state index contributed by atoms with van der Waals surface area (Å²) in [5.74, 6) is 0.526. The minimum absolute atomic E-state index is 0.154. The zero-order valence-electron chi connectivity index (χ0n) is 17.5. The normalized spacial score (nSPS) is 15.6. The number of anilines is 1. The number of aromatic nitrogens is 2. The number of halogens is 3. The SMILES string of the molecule is Cc1ccc(-c2noc(CN3CCC(C(=O)Nc4cccc(C(F)(F)F)c4)CC3)n2)cc1. The standard InChI is InChI=1S/C23H23F3N4O2/c1-15-5-7-16(8-6-15)21-28-20(32-29-21)14-30-11-9-17(10-12-30)22(31)27-19-4-2-3-18(13-19)23(24,25)26/h2-8,13,17H,9-12,14H2,1H3,(H,27,31). The van der Waals surface area contributed by atoms with Gasteiger partial charge < -0.3 is 9.84 Å². The third kappa shape index (κ3) is 5.34. The van der Waals surface area contributed by atoms with Gasteiger partial charge in [0.1, 0.15) is 0 Å². The van der Waals surface area contributed by atoms with Crippen LogP contribution in [0.2, 0.25) is 0 Å². The Kier molecular flexibility index (Phi) is 6.27. The Morgan fingerprint density at radius 1 is 1.16 bits per heavy atom. The highest BCUT2D eigenvalue weighted by atomic mass is 19.4. The van der Waals surface area contributed by atoms with E-state index in [4.69, 9.17) is 4.52 Å². The number of piperidine rings is 1. The van der Waals surface area contributed by atoms with Gasteiger partial charge in [-0.2, -0.15) is 18.2 Å². The highest BCUT2D eigenvalue weighted by molar-refractivity contribution is 5.92. The zero-order chi connectivity index (χ0) is 22.7. The number of benzene rings is 2. The predicted octanol–water partition coefficient (Wildman–Crippen LogP) is 4.91. The molecule has 1 fully saturated rings. The largest absolute Gasteiger partial charge is 0.416 e. The van der Waals surface area contributed by atoms with Gasteiger partial charge in [0.25, 0.3) is 0 Å². The number of carbonyl (C=O) groups is 1. The molecular formula is C23H23F3N4O2. The van der Waals surface area contributed by atoms with Crippen LogP contribution in [0.3, 0.4) is 0 Å². The number of alkyl halides is 3. The van der Waals surface area contributed by atoms with Crippen molar-refractivity contribution < 1.29 is 22.5 Å². The Balaban J connectivity index is 1.29. The molecule has 1 saturated heterocycles. The van der Waals surface area contributed by atoms with Crippen LogP contribution >= 0.6 is 0 Å². The number of likely N-dealkylation sites (tertiary alicyclic amines) is 1. The molecule has 168 valence electrons. The van der Waals surface area contributed by atoms with Crippen molar-refractivity contribution in [1.29, 1.82) is 0 Å². The summed E-state index contributed by atoms with van der Waals surface area (Å²) < 4.78 is 44.0. The summed E-state index contributed by atoms with van der Waals surface area (Å²) in [5, 5.41) is 6.65. The van der Waals surface area contributed by atoms with Crippen molar-refractivity contribution in [2.24, 2.45) is 5.92 Å². The lowest BCUT2D eigenvalue weighted by Gasteiger charge is -2.30. The molecule has 9 heteroatoms. The van der Waals surface area contributed by atoms with Crippen LogP contribution in [0.5, 0.6) is 0 Å². The lowest BCUT2D eigenvalue weighted by molar-refractivity contribution is -0.137. The smallest absolute Gasteiger partial charge is 0.338 e. The van der Waals surface area contributed by atoms with E-state index in [2.05, 4.69) is 20.4 Å². The topological polar surface area (TPSA) is 71.3 Å². The van der Waals surface area contributed by atoms with Crippen LogP contribution in [0.15, 0.2) is 53.1 Å². The van der Waals surface area contributed by atoms with Gasteiger partial charge >= 0.3 is 6.18 Å². The van der Waals surface area contributed by atoms with Gasteiger partial charge in [0.2, 0.25) is 17.6 Å². The van der Waals surface area contributed by atoms with E-state index in [1.807, 2.05) is 31.2 Å². The van der Waals surface area contributed by atoms with Gasteiger partial charge in [-0.25, -0.2) is 0 Å². The van der Waals surface area contributed by atoms with E-state index in [1.165, 1.54) is 12.1 Å². The maximum Gasteiger partial charge on any atom is 0.416 e. The van der Waals surface area contributed by atoms with Gasteiger partial charge in [0.15, 0.2) is 0 Å². The number of amides is 1. The van der Waals surface area contributed by atoms with Crippen LogP contribution in [0.4, 0.5) is 18.9 Å². The number of nitrogens with one attached hydrogen (secondary N) is 1. The molecule has 3 aromatic rings. The van der Waals surface area contributed by atoms with Crippen molar-refractivity contribution in [2.45, 2.75) is 32.5 Å². The molecule has 0 spiro atoms. The number of hydrogen-bond donors (Lipinski definition) is 1. The fourth-order valence-electron chi connectivity index (χ4n) is 3.70. The number of nitrogens with zero attached hydrogens (tertiary/aromatic N) is 3. The molecule has 0 radical (unpaired) electrons. The molecule has 1 aliphatic rings. The van der Waals surface area contributed by atoms with Gasteiger partial charge in [-0.15, -0.1) is 0 Å². The lowest BCUT2D eigenvalue weighted by Crippen LogP contribution is -2.37. The third-order valence-corrected chi connectivity index (χ3v) is 5.55. The molecule has 2 heterocycles. The summed E-state index contributed by atoms with van der Waals surface area (Å²) in [5.41, 5.74) is 1.41. The first-order valence-electron chi connectivity index (χ1n) is 10.4. The Morgan fingerprint density at radius 2 is 1.88 bits per heavy atom. The molecule has 6 nitrogen and oxygen atoms in total. The monoisotopic (exact) mass is 444 g/mol. The first kappa shape index (κ1) is 22.0. The molecule has 0 unspecified atom stereocenters. The maximum atomic E-state index is 12.9. The first-order valence-corrected chi connectivity index (χ1v) is 10.4. The average molecular weight is 444 g/mol. The molecule has 0 aliphatic carbocycles. The van der Waals surface area contributed by atoms with Gasteiger partial charge in [0, 0.05) is 17.2 Å². The Labute approximate surface area is 183 Å². The summed E-state index contributed by atoms with van der Waals surface area (Å²) in [6.07, 6.45) is -3.24. The van der Waals surface area contributed by atoms with Crippen LogP contribution in [0, 0.1) is 12.8 Å². The minimum atomic E-state index is -4.44. The van der Waals surface area contributed by atoms with Crippen molar-refractivity contribution in [3.63, 3.8) is 0 Å². The van der Waals surface area contributed by atoms with E-state index in [-0.39, 0.29) is 17.5 Å². The van der Waals surface area contributed by atoms with Crippen LogP contribution in [-0.4, -0.2) is 34.0 Å². The first-order chi connectivity index (χ1) is 15.3. The van der Waals surface area contributed by atoms with E-state index in [0.717, 1.165) is 23.3 Å². The van der Waals surface area contributed by atoms with E-state index >= 15 is 0 Å². The summed E-state index contributed by atoms with van der Waals surface area (Å²) in [4.78, 5) is 19.1. The molecular weight excluding hydrogens is 421 g/mol. The molecule has 0 bridgehead atoms. The molecule has 0 atom stereocenters. The maximum absolute atomic E-state index is 12.9. The van der Waals surface area contributed by atoms with Crippen molar-refractivity contribution in [3.05, 3.63) is 65.5 Å². The Hall–Kier alpha value is -3.20. The molecule has 32 heavy (non-hydrogen) atoms. The van der Waals surface area contributed by atoms with Crippen molar-refractivity contribution in [1.82, 2.24) is 15.0 Å². The minimum Gasteiger partial charge on any atom is -0.338 e. The molecule has 1 amide bonds. The van der Waals surface area contributed by atoms with Crippen molar-refractivity contribution >= 4 is 11.6 Å². The summed E-state index contributed by atoms with van der Waals surface area (Å²) in [7, 11) is 0. The second-order valence-corrected chi connectivity index (χ2v) is 8.00. The molecule has 4 rings (SSSR count). The van der Waals surface area contributed by atoms with Crippen molar-refractivity contribution in [3.8, 4) is 11.4 Å². The quantitative estimate of drug-likeness (QED) is 0.605. The molecule has 2 aromatic carbocycles. The van der Waals surface area contributed by atoms with Crippen LogP contribution in [-0.2, 0) is 17.5 Å². The highest BCUT2D eigenvalue weighted by Crippen LogP contribution is 2.31. The molecule has 0 saturated carbocycles. The summed E-state index contributed by atoms with van der Waals surface area (Å²) in [6.45, 7) is 3.81. The summed E-state index contributed by atoms with van der Waals surface area (Å²) in [6, 6.07) is 12.5. The average Bonchev–Trinajstić information content (AvgIpc) is 3.23. The van der Waals surface area contributed by atoms with Gasteiger partial charge in [-0.1, -0.05) is 41.1 Å². The molecule has 1 aromatic heterocycles. The van der Waals surface area contributed by atoms with Crippen LogP contribution in [0.25, 0.3) is 11.4 Å². The number of carbonyl (C=O) groups excluding carboxylic acids is 1. The van der Waals surface area contributed by atoms with E-state index in [0.29, 0.717) is 44.2 Å². The highest BCUT2D eigenvalue weighted by Gasteiger charge is 2.31. The number of rotatable bonds is 5. The summed E-state index contributed by atoms with van der Waals surface area (Å²) >= 11 is 0. The number of aryl methyl sites for hydroxylation is 1. The molecule has 1 N–H and O–H groups in total. The van der Waals surface area contributed by atoms with Gasteiger partial charge in [-0.05, 0) is 51.1 Å². The second kappa shape index (κ2) is 9.12. The molecule has 1 aliphatic heterocycles. The lowest BCUT2D eigenvalue weighted by atomic mass is 9.95. The van der Waals surface area contributed by atoms with Crippen LogP contribution < -0.4 is 5.32 Å². The van der Waals surface area contributed by atoms with Gasteiger partial charge in [-0.3, -0.25) is 9.69 Å². The third-order valence-electron chi connectivity index (χ3n) is 5.55.